The van der Waals surface area contributed by atoms with E-state index in [-0.39, 0.29) is 11.9 Å². The molecule has 0 saturated carbocycles. The number of aromatic nitrogens is 1. The lowest BCUT2D eigenvalue weighted by atomic mass is 9.96. The van der Waals surface area contributed by atoms with Gasteiger partial charge in [-0.05, 0) is 54.8 Å². The average Bonchev–Trinajstić information content (AvgIpc) is 2.80. The summed E-state index contributed by atoms with van der Waals surface area (Å²) in [6.07, 6.45) is 0.466. The molecule has 4 rings (SSSR count). The van der Waals surface area contributed by atoms with Crippen LogP contribution < -0.4 is 5.32 Å². The van der Waals surface area contributed by atoms with Gasteiger partial charge in [-0.3, -0.25) is 9.69 Å². The van der Waals surface area contributed by atoms with Crippen molar-refractivity contribution in [2.75, 3.05) is 38.0 Å². The minimum Gasteiger partial charge on any atom is -0.311 e. The second kappa shape index (κ2) is 10.9. The SMILES string of the molecule is Cc1cc(C)nc(NC(=O)CCN2CCN(C(c3ccccc3)c3ccc(Cl)cc3)CC2)c1. The molecule has 1 fully saturated rings. The number of hydrogen-bond donors (Lipinski definition) is 1. The van der Waals surface area contributed by atoms with Gasteiger partial charge in [0.15, 0.2) is 0 Å². The molecule has 1 aromatic heterocycles. The summed E-state index contributed by atoms with van der Waals surface area (Å²) in [5, 5.41) is 3.69. The molecule has 0 bridgehead atoms. The van der Waals surface area contributed by atoms with Gasteiger partial charge in [-0.2, -0.15) is 0 Å². The first-order valence-electron chi connectivity index (χ1n) is 11.5. The molecule has 1 saturated heterocycles. The molecule has 33 heavy (non-hydrogen) atoms. The Morgan fingerprint density at radius 3 is 2.30 bits per heavy atom. The first-order chi connectivity index (χ1) is 16.0. The second-order valence-electron chi connectivity index (χ2n) is 8.71. The molecule has 0 aliphatic carbocycles. The van der Waals surface area contributed by atoms with Gasteiger partial charge in [-0.1, -0.05) is 54.1 Å². The highest BCUT2D eigenvalue weighted by atomic mass is 35.5. The van der Waals surface area contributed by atoms with Gasteiger partial charge in [0.2, 0.25) is 5.91 Å². The minimum atomic E-state index is 0.0123. The number of nitrogens with zero attached hydrogens (tertiary/aromatic N) is 3. The summed E-state index contributed by atoms with van der Waals surface area (Å²) in [6.45, 7) is 8.47. The van der Waals surface area contributed by atoms with Gasteiger partial charge in [0.1, 0.15) is 5.82 Å². The van der Waals surface area contributed by atoms with Crippen LogP contribution in [0.4, 0.5) is 5.82 Å². The van der Waals surface area contributed by atoms with Crippen LogP contribution in [0, 0.1) is 13.8 Å². The number of halogens is 1. The minimum absolute atomic E-state index is 0.0123. The lowest BCUT2D eigenvalue weighted by molar-refractivity contribution is -0.116. The van der Waals surface area contributed by atoms with Crippen molar-refractivity contribution < 1.29 is 4.79 Å². The van der Waals surface area contributed by atoms with Crippen LogP contribution in [-0.4, -0.2) is 53.4 Å². The maximum Gasteiger partial charge on any atom is 0.226 e. The molecule has 172 valence electrons. The zero-order valence-electron chi connectivity index (χ0n) is 19.3. The molecular weight excluding hydrogens is 432 g/mol. The predicted octanol–water partition coefficient (Wildman–Crippen LogP) is 5.09. The average molecular weight is 463 g/mol. The van der Waals surface area contributed by atoms with Gasteiger partial charge in [0.25, 0.3) is 0 Å². The fourth-order valence-electron chi connectivity index (χ4n) is 4.51. The third-order valence-electron chi connectivity index (χ3n) is 6.09. The van der Waals surface area contributed by atoms with E-state index in [2.05, 4.69) is 62.6 Å². The Balaban J connectivity index is 1.33. The fraction of sp³-hybridized carbons (Fsp3) is 0.333. The second-order valence-corrected chi connectivity index (χ2v) is 9.15. The number of pyridine rings is 1. The van der Waals surface area contributed by atoms with Crippen LogP contribution in [0.3, 0.4) is 0 Å². The van der Waals surface area contributed by atoms with Crippen molar-refractivity contribution in [1.82, 2.24) is 14.8 Å². The van der Waals surface area contributed by atoms with E-state index in [9.17, 15) is 4.79 Å². The molecule has 1 aliphatic rings. The van der Waals surface area contributed by atoms with E-state index >= 15 is 0 Å². The Labute approximate surface area is 201 Å². The molecule has 1 unspecified atom stereocenters. The number of carbonyl (C=O) groups excluding carboxylic acids is 1. The zero-order valence-corrected chi connectivity index (χ0v) is 20.1. The van der Waals surface area contributed by atoms with E-state index in [1.54, 1.807) is 0 Å². The first kappa shape index (κ1) is 23.4. The van der Waals surface area contributed by atoms with E-state index in [0.717, 1.165) is 49.0 Å². The number of piperazine rings is 1. The Kier molecular flexibility index (Phi) is 7.76. The highest BCUT2D eigenvalue weighted by Crippen LogP contribution is 2.30. The van der Waals surface area contributed by atoms with Gasteiger partial charge in [-0.25, -0.2) is 4.98 Å². The van der Waals surface area contributed by atoms with Crippen molar-refractivity contribution in [3.63, 3.8) is 0 Å². The van der Waals surface area contributed by atoms with Gasteiger partial charge in [0.05, 0.1) is 6.04 Å². The molecule has 3 aromatic rings. The van der Waals surface area contributed by atoms with Crippen molar-refractivity contribution in [1.29, 1.82) is 0 Å². The summed E-state index contributed by atoms with van der Waals surface area (Å²) in [5.41, 5.74) is 4.55. The molecule has 1 amide bonds. The quantitative estimate of drug-likeness (QED) is 0.531. The molecule has 6 heteroatoms. The number of carbonyl (C=O) groups is 1. The van der Waals surface area contributed by atoms with Crippen molar-refractivity contribution in [3.8, 4) is 0 Å². The lowest BCUT2D eigenvalue weighted by Crippen LogP contribution is -2.48. The molecule has 1 aliphatic heterocycles. The predicted molar refractivity (Wildman–Crippen MR) is 135 cm³/mol. The number of aryl methyl sites for hydroxylation is 2. The highest BCUT2D eigenvalue weighted by Gasteiger charge is 2.26. The van der Waals surface area contributed by atoms with Crippen LogP contribution in [0.15, 0.2) is 66.7 Å². The summed E-state index contributed by atoms with van der Waals surface area (Å²) < 4.78 is 0. The smallest absolute Gasteiger partial charge is 0.226 e. The Morgan fingerprint density at radius 2 is 1.64 bits per heavy atom. The molecule has 2 heterocycles. The van der Waals surface area contributed by atoms with Crippen molar-refractivity contribution >= 4 is 23.3 Å². The number of benzene rings is 2. The number of anilines is 1. The molecule has 1 N–H and O–H groups in total. The maximum absolute atomic E-state index is 12.4. The topological polar surface area (TPSA) is 48.5 Å². The third kappa shape index (κ3) is 6.41. The van der Waals surface area contributed by atoms with Crippen LogP contribution >= 0.6 is 11.6 Å². The van der Waals surface area contributed by atoms with E-state index in [0.29, 0.717) is 12.2 Å². The maximum atomic E-state index is 12.4. The van der Waals surface area contributed by atoms with Crippen LogP contribution in [0.1, 0.15) is 34.8 Å². The third-order valence-corrected chi connectivity index (χ3v) is 6.35. The van der Waals surface area contributed by atoms with Crippen molar-refractivity contribution in [2.24, 2.45) is 0 Å². The van der Waals surface area contributed by atoms with Gasteiger partial charge >= 0.3 is 0 Å². The number of amides is 1. The van der Waals surface area contributed by atoms with Gasteiger partial charge < -0.3 is 10.2 Å². The lowest BCUT2D eigenvalue weighted by Gasteiger charge is -2.39. The Hall–Kier alpha value is -2.73. The molecule has 0 radical (unpaired) electrons. The molecule has 5 nitrogen and oxygen atoms in total. The fourth-order valence-corrected chi connectivity index (χ4v) is 4.64. The monoisotopic (exact) mass is 462 g/mol. The number of hydrogen-bond acceptors (Lipinski definition) is 4. The summed E-state index contributed by atoms with van der Waals surface area (Å²) in [5.74, 6) is 0.647. The van der Waals surface area contributed by atoms with Crippen molar-refractivity contribution in [3.05, 3.63) is 94.1 Å². The Morgan fingerprint density at radius 1 is 0.970 bits per heavy atom. The van der Waals surface area contributed by atoms with Crippen LogP contribution in [0.2, 0.25) is 5.02 Å². The van der Waals surface area contributed by atoms with Crippen LogP contribution in [0.5, 0.6) is 0 Å². The van der Waals surface area contributed by atoms with Crippen LogP contribution in [-0.2, 0) is 4.79 Å². The summed E-state index contributed by atoms with van der Waals surface area (Å²) >= 11 is 6.14. The summed E-state index contributed by atoms with van der Waals surface area (Å²) in [7, 11) is 0. The highest BCUT2D eigenvalue weighted by molar-refractivity contribution is 6.30. The summed E-state index contributed by atoms with van der Waals surface area (Å²) in [6, 6.07) is 22.9. The van der Waals surface area contributed by atoms with E-state index in [1.807, 2.05) is 38.1 Å². The van der Waals surface area contributed by atoms with Gasteiger partial charge in [-0.15, -0.1) is 0 Å². The van der Waals surface area contributed by atoms with E-state index in [1.165, 1.54) is 11.1 Å². The van der Waals surface area contributed by atoms with Crippen LogP contribution in [0.25, 0.3) is 0 Å². The Bertz CT molecular complexity index is 1040. The normalized spacial score (nSPS) is 15.8. The largest absolute Gasteiger partial charge is 0.311 e. The van der Waals surface area contributed by atoms with Crippen molar-refractivity contribution in [2.45, 2.75) is 26.3 Å². The van der Waals surface area contributed by atoms with E-state index < -0.39 is 0 Å². The zero-order chi connectivity index (χ0) is 23.2. The van der Waals surface area contributed by atoms with E-state index in [4.69, 9.17) is 11.6 Å². The molecular formula is C27H31ClN4O. The molecule has 2 aromatic carbocycles. The molecule has 0 spiro atoms. The summed E-state index contributed by atoms with van der Waals surface area (Å²) in [4.78, 5) is 21.7. The number of nitrogens with one attached hydrogen (secondary N) is 1. The molecule has 1 atom stereocenters. The first-order valence-corrected chi connectivity index (χ1v) is 11.9. The standard InChI is InChI=1S/C27H31ClN4O/c1-20-18-21(2)29-25(19-20)30-26(33)12-13-31-14-16-32(17-15-31)27(22-6-4-3-5-7-22)23-8-10-24(28)11-9-23/h3-11,18-19,27H,12-17H2,1-2H3,(H,29,30,33). The number of rotatable bonds is 7. The van der Waals surface area contributed by atoms with Gasteiger partial charge in [0, 0.05) is 49.9 Å².